The van der Waals surface area contributed by atoms with Crippen molar-refractivity contribution in [2.24, 2.45) is 0 Å². The maximum Gasteiger partial charge on any atom is 0.138 e. The molecule has 4 heteroatoms. The fourth-order valence-corrected chi connectivity index (χ4v) is 2.34. The Kier molecular flexibility index (Phi) is 2.67. The molecule has 1 aromatic heterocycles. The number of aromatic nitrogens is 2. The highest BCUT2D eigenvalue weighted by Gasteiger charge is 2.30. The minimum atomic E-state index is -0.0242. The van der Waals surface area contributed by atoms with Gasteiger partial charge in [-0.25, -0.2) is 9.97 Å². The van der Waals surface area contributed by atoms with Gasteiger partial charge in [-0.3, -0.25) is 0 Å². The summed E-state index contributed by atoms with van der Waals surface area (Å²) in [6.07, 6.45) is 1.00. The second-order valence-electron chi connectivity index (χ2n) is 5.12. The van der Waals surface area contributed by atoms with Gasteiger partial charge in [0, 0.05) is 12.0 Å². The van der Waals surface area contributed by atoms with Crippen molar-refractivity contribution in [1.29, 1.82) is 0 Å². The van der Waals surface area contributed by atoms with Gasteiger partial charge in [0.15, 0.2) is 0 Å². The number of benzene rings is 1. The number of hydrogen-bond acceptors (Lipinski definition) is 4. The smallest absolute Gasteiger partial charge is 0.138 e. The highest BCUT2D eigenvalue weighted by Crippen LogP contribution is 2.27. The number of nitrogens with zero attached hydrogens (tertiary/aromatic N) is 2. The summed E-state index contributed by atoms with van der Waals surface area (Å²) < 4.78 is 5.47. The van der Waals surface area contributed by atoms with Crippen LogP contribution in [0.5, 0.6) is 0 Å². The number of ether oxygens (including phenoxy) is 1. The summed E-state index contributed by atoms with van der Waals surface area (Å²) in [7, 11) is 0. The third-order valence-corrected chi connectivity index (χ3v) is 3.35. The lowest BCUT2D eigenvalue weighted by Gasteiger charge is -2.25. The van der Waals surface area contributed by atoms with Crippen LogP contribution in [0.1, 0.15) is 19.2 Å². The second kappa shape index (κ2) is 4.21. The van der Waals surface area contributed by atoms with Crippen molar-refractivity contribution in [3.63, 3.8) is 0 Å². The molecule has 1 atom stereocenters. The molecule has 4 nitrogen and oxygen atoms in total. The predicted octanol–water partition coefficient (Wildman–Crippen LogP) is 2.53. The summed E-state index contributed by atoms with van der Waals surface area (Å²) in [5.74, 6) is 1.70. The van der Waals surface area contributed by atoms with Gasteiger partial charge in [0.05, 0.1) is 17.7 Å². The quantitative estimate of drug-likeness (QED) is 0.880. The fraction of sp³-hybridized carbons (Fsp3) is 0.429. The Morgan fingerprint density at radius 1 is 1.28 bits per heavy atom. The first kappa shape index (κ1) is 11.4. The minimum absolute atomic E-state index is 0.0242. The maximum absolute atomic E-state index is 5.47. The maximum atomic E-state index is 5.47. The molecule has 0 amide bonds. The van der Waals surface area contributed by atoms with Crippen molar-refractivity contribution < 1.29 is 4.74 Å². The molecular weight excluding hydrogens is 226 g/mol. The van der Waals surface area contributed by atoms with E-state index in [9.17, 15) is 0 Å². The molecule has 1 N–H and O–H groups in total. The van der Waals surface area contributed by atoms with Crippen LogP contribution in [0.2, 0.25) is 0 Å². The minimum Gasteiger partial charge on any atom is -0.379 e. The molecule has 0 spiro atoms. The molecule has 2 aromatic rings. The van der Waals surface area contributed by atoms with E-state index in [0.29, 0.717) is 0 Å². The number of nitrogens with one attached hydrogen (secondary N) is 1. The predicted molar refractivity (Wildman–Crippen MR) is 71.7 cm³/mol. The number of anilines is 1. The van der Waals surface area contributed by atoms with Crippen LogP contribution in [0.4, 0.5) is 5.82 Å². The molecule has 94 valence electrons. The topological polar surface area (TPSA) is 47.0 Å². The van der Waals surface area contributed by atoms with Gasteiger partial charge in [-0.15, -0.1) is 0 Å². The van der Waals surface area contributed by atoms with Crippen LogP contribution in [0.3, 0.4) is 0 Å². The number of para-hydroxylation sites is 1. The monoisotopic (exact) mass is 243 g/mol. The van der Waals surface area contributed by atoms with E-state index in [2.05, 4.69) is 28.3 Å². The summed E-state index contributed by atoms with van der Waals surface area (Å²) >= 11 is 0. The molecule has 1 unspecified atom stereocenters. The molecular formula is C14H17N3O. The van der Waals surface area contributed by atoms with Crippen LogP contribution < -0.4 is 5.32 Å². The first-order chi connectivity index (χ1) is 8.66. The van der Waals surface area contributed by atoms with E-state index in [4.69, 9.17) is 4.74 Å². The van der Waals surface area contributed by atoms with Crippen LogP contribution in [0.25, 0.3) is 10.9 Å². The molecule has 1 aliphatic heterocycles. The summed E-state index contributed by atoms with van der Waals surface area (Å²) in [6, 6.07) is 8.08. The van der Waals surface area contributed by atoms with E-state index in [-0.39, 0.29) is 5.54 Å². The van der Waals surface area contributed by atoms with Crippen molar-refractivity contribution in [3.05, 3.63) is 30.1 Å². The van der Waals surface area contributed by atoms with E-state index >= 15 is 0 Å². The van der Waals surface area contributed by atoms with E-state index in [1.165, 1.54) is 0 Å². The van der Waals surface area contributed by atoms with Gasteiger partial charge in [-0.1, -0.05) is 12.1 Å². The Morgan fingerprint density at radius 2 is 2.11 bits per heavy atom. The van der Waals surface area contributed by atoms with Gasteiger partial charge in [-0.05, 0) is 32.4 Å². The Morgan fingerprint density at radius 3 is 2.89 bits per heavy atom. The van der Waals surface area contributed by atoms with Crippen LogP contribution in [0, 0.1) is 6.92 Å². The first-order valence-electron chi connectivity index (χ1n) is 6.26. The summed E-state index contributed by atoms with van der Waals surface area (Å²) in [4.78, 5) is 8.98. The van der Waals surface area contributed by atoms with Gasteiger partial charge >= 0.3 is 0 Å². The number of fused-ring (bicyclic) bond motifs is 1. The Balaban J connectivity index is 2.05. The molecule has 0 saturated carbocycles. The number of rotatable bonds is 2. The second-order valence-corrected chi connectivity index (χ2v) is 5.12. The Hall–Kier alpha value is -1.68. The molecule has 1 fully saturated rings. The highest BCUT2D eigenvalue weighted by atomic mass is 16.5. The molecule has 18 heavy (non-hydrogen) atoms. The molecule has 1 saturated heterocycles. The van der Waals surface area contributed by atoms with E-state index in [1.807, 2.05) is 25.1 Å². The summed E-state index contributed by atoms with van der Waals surface area (Å²) in [6.45, 7) is 5.63. The lowest BCUT2D eigenvalue weighted by molar-refractivity contribution is 0.185. The molecule has 3 rings (SSSR count). The Bertz CT molecular complexity index is 576. The molecule has 1 aliphatic rings. The first-order valence-corrected chi connectivity index (χ1v) is 6.26. The van der Waals surface area contributed by atoms with Crippen LogP contribution in [-0.4, -0.2) is 28.7 Å². The van der Waals surface area contributed by atoms with Gasteiger partial charge in [0.25, 0.3) is 0 Å². The van der Waals surface area contributed by atoms with E-state index in [0.717, 1.165) is 42.2 Å². The average Bonchev–Trinajstić information content (AvgIpc) is 2.75. The molecule has 2 heterocycles. The molecule has 0 radical (unpaired) electrons. The van der Waals surface area contributed by atoms with Crippen molar-refractivity contribution in [2.45, 2.75) is 25.8 Å². The number of hydrogen-bond donors (Lipinski definition) is 1. The number of aryl methyl sites for hydroxylation is 1. The van der Waals surface area contributed by atoms with Crippen LogP contribution in [-0.2, 0) is 4.74 Å². The normalized spacial score (nSPS) is 23.4. The highest BCUT2D eigenvalue weighted by molar-refractivity contribution is 5.89. The van der Waals surface area contributed by atoms with Gasteiger partial charge < -0.3 is 10.1 Å². The summed E-state index contributed by atoms with van der Waals surface area (Å²) in [5, 5.41) is 4.59. The van der Waals surface area contributed by atoms with Crippen molar-refractivity contribution in [2.75, 3.05) is 18.5 Å². The lowest BCUT2D eigenvalue weighted by atomic mass is 10.0. The largest absolute Gasteiger partial charge is 0.379 e. The average molecular weight is 243 g/mol. The van der Waals surface area contributed by atoms with Gasteiger partial charge in [0.2, 0.25) is 0 Å². The van der Waals surface area contributed by atoms with Crippen molar-refractivity contribution >= 4 is 16.7 Å². The Labute approximate surface area is 106 Å². The zero-order valence-corrected chi connectivity index (χ0v) is 10.7. The fourth-order valence-electron chi connectivity index (χ4n) is 2.34. The van der Waals surface area contributed by atoms with Gasteiger partial charge in [0.1, 0.15) is 11.6 Å². The van der Waals surface area contributed by atoms with Crippen LogP contribution in [0.15, 0.2) is 24.3 Å². The molecule has 0 aliphatic carbocycles. The van der Waals surface area contributed by atoms with E-state index < -0.39 is 0 Å². The third kappa shape index (κ3) is 2.04. The van der Waals surface area contributed by atoms with Crippen molar-refractivity contribution in [1.82, 2.24) is 9.97 Å². The lowest BCUT2D eigenvalue weighted by Crippen LogP contribution is -2.35. The zero-order chi connectivity index (χ0) is 12.6. The van der Waals surface area contributed by atoms with E-state index in [1.54, 1.807) is 0 Å². The zero-order valence-electron chi connectivity index (χ0n) is 10.7. The molecule has 0 bridgehead atoms. The van der Waals surface area contributed by atoms with Crippen molar-refractivity contribution in [3.8, 4) is 0 Å². The van der Waals surface area contributed by atoms with Gasteiger partial charge in [-0.2, -0.15) is 0 Å². The molecule has 1 aromatic carbocycles. The summed E-state index contributed by atoms with van der Waals surface area (Å²) in [5.41, 5.74) is 0.957. The third-order valence-electron chi connectivity index (χ3n) is 3.35. The van der Waals surface area contributed by atoms with Crippen LogP contribution >= 0.6 is 0 Å². The standard InChI is InChI=1S/C14H17N3O/c1-10-15-12-6-4-3-5-11(12)13(16-10)17-14(2)7-8-18-9-14/h3-6H,7-9H2,1-2H3,(H,15,16,17). The SMILES string of the molecule is Cc1nc(NC2(C)CCOC2)c2ccccc2n1.